The number of nitrogens with zero attached hydrogens (tertiary/aromatic N) is 1. The van der Waals surface area contributed by atoms with Crippen LogP contribution in [0, 0.1) is 0 Å². The van der Waals surface area contributed by atoms with Crippen molar-refractivity contribution in [2.24, 2.45) is 0 Å². The third-order valence-electron chi connectivity index (χ3n) is 2.73. The Bertz CT molecular complexity index is 436. The van der Waals surface area contributed by atoms with E-state index >= 15 is 0 Å². The summed E-state index contributed by atoms with van der Waals surface area (Å²) in [6.07, 6.45) is 0. The number of hydrogen-bond acceptors (Lipinski definition) is 4. The highest BCUT2D eigenvalue weighted by Crippen LogP contribution is 2.28. The van der Waals surface area contributed by atoms with Gasteiger partial charge in [-0.1, -0.05) is 60.8 Å². The Morgan fingerprint density at radius 1 is 1.44 bits per heavy atom. The van der Waals surface area contributed by atoms with Crippen LogP contribution in [0.4, 0.5) is 4.79 Å². The number of hydrogen-bond donors (Lipinski definition) is 0. The van der Waals surface area contributed by atoms with Crippen LogP contribution in [0.1, 0.15) is 12.5 Å². The first-order valence-electron chi connectivity index (χ1n) is 5.86. The second-order valence-electron chi connectivity index (χ2n) is 3.96. The number of amides is 1. The number of rotatable bonds is 4. The van der Waals surface area contributed by atoms with Crippen LogP contribution in [0.3, 0.4) is 0 Å². The second-order valence-corrected chi connectivity index (χ2v) is 6.20. The van der Waals surface area contributed by atoms with E-state index in [1.165, 1.54) is 23.5 Å². The van der Waals surface area contributed by atoms with E-state index in [4.69, 9.17) is 0 Å². The van der Waals surface area contributed by atoms with Gasteiger partial charge in [0.15, 0.2) is 0 Å². The van der Waals surface area contributed by atoms with Gasteiger partial charge in [-0.25, -0.2) is 0 Å². The van der Waals surface area contributed by atoms with Gasteiger partial charge in [0.1, 0.15) is 6.04 Å². The van der Waals surface area contributed by atoms with E-state index in [1.807, 2.05) is 37.3 Å². The lowest BCUT2D eigenvalue weighted by atomic mass is 10.2. The standard InChI is InChI=1S/C13H15NO2S2/c1-2-17-12(15)11-9-18-13(16)14(11)8-10-6-4-3-5-7-10/h3-7,11H,2,8-9H2,1H3/t11-/m0/s1. The molecule has 3 nitrogen and oxygen atoms in total. The predicted molar refractivity (Wildman–Crippen MR) is 76.8 cm³/mol. The maximum absolute atomic E-state index is 11.9. The Morgan fingerprint density at radius 3 is 2.83 bits per heavy atom. The quantitative estimate of drug-likeness (QED) is 0.850. The molecule has 1 aromatic carbocycles. The van der Waals surface area contributed by atoms with Crippen LogP contribution in [-0.4, -0.2) is 32.8 Å². The fourth-order valence-electron chi connectivity index (χ4n) is 1.84. The fraction of sp³-hybridized carbons (Fsp3) is 0.385. The van der Waals surface area contributed by atoms with Crippen LogP contribution >= 0.6 is 23.5 Å². The maximum Gasteiger partial charge on any atom is 0.282 e. The largest absolute Gasteiger partial charge is 0.317 e. The zero-order valence-electron chi connectivity index (χ0n) is 10.2. The molecule has 1 atom stereocenters. The van der Waals surface area contributed by atoms with Crippen molar-refractivity contribution in [1.29, 1.82) is 0 Å². The number of carbonyl (C=O) groups excluding carboxylic acids is 2. The Labute approximate surface area is 115 Å². The molecule has 1 aliphatic rings. The SMILES string of the molecule is CCSC(=O)[C@@H]1CSC(=O)N1Cc1ccccc1. The summed E-state index contributed by atoms with van der Waals surface area (Å²) in [6.45, 7) is 2.47. The Hall–Kier alpha value is -0.940. The highest BCUT2D eigenvalue weighted by atomic mass is 32.2. The molecule has 5 heteroatoms. The Kier molecular flexibility index (Phi) is 4.72. The highest BCUT2D eigenvalue weighted by Gasteiger charge is 2.36. The molecule has 1 amide bonds. The van der Waals surface area contributed by atoms with E-state index in [1.54, 1.807) is 4.90 Å². The summed E-state index contributed by atoms with van der Waals surface area (Å²) in [5.41, 5.74) is 1.06. The van der Waals surface area contributed by atoms with Crippen LogP contribution < -0.4 is 0 Å². The lowest BCUT2D eigenvalue weighted by Gasteiger charge is -2.22. The summed E-state index contributed by atoms with van der Waals surface area (Å²) < 4.78 is 0. The van der Waals surface area contributed by atoms with Crippen molar-refractivity contribution in [2.75, 3.05) is 11.5 Å². The van der Waals surface area contributed by atoms with Crippen LogP contribution in [0.25, 0.3) is 0 Å². The zero-order valence-corrected chi connectivity index (χ0v) is 11.8. The third-order valence-corrected chi connectivity index (χ3v) is 4.54. The van der Waals surface area contributed by atoms with Gasteiger partial charge in [-0.3, -0.25) is 9.59 Å². The van der Waals surface area contributed by atoms with Gasteiger partial charge in [-0.15, -0.1) is 0 Å². The summed E-state index contributed by atoms with van der Waals surface area (Å²) in [4.78, 5) is 25.5. The van der Waals surface area contributed by atoms with E-state index in [0.717, 1.165) is 11.3 Å². The molecule has 0 aliphatic carbocycles. The van der Waals surface area contributed by atoms with Crippen LogP contribution in [0.15, 0.2) is 30.3 Å². The first kappa shape index (κ1) is 13.5. The number of carbonyl (C=O) groups is 2. The van der Waals surface area contributed by atoms with Crippen molar-refractivity contribution in [1.82, 2.24) is 4.90 Å². The van der Waals surface area contributed by atoms with Crippen LogP contribution in [-0.2, 0) is 11.3 Å². The van der Waals surface area contributed by atoms with E-state index in [9.17, 15) is 9.59 Å². The van der Waals surface area contributed by atoms with Gasteiger partial charge in [0.05, 0.1) is 0 Å². The lowest BCUT2D eigenvalue weighted by molar-refractivity contribution is -0.114. The molecule has 0 radical (unpaired) electrons. The first-order valence-corrected chi connectivity index (χ1v) is 7.83. The molecular weight excluding hydrogens is 266 g/mol. The van der Waals surface area contributed by atoms with Gasteiger partial charge in [-0.2, -0.15) is 0 Å². The normalized spacial score (nSPS) is 19.3. The van der Waals surface area contributed by atoms with Crippen molar-refractivity contribution in [3.8, 4) is 0 Å². The fourth-order valence-corrected chi connectivity index (χ4v) is 3.62. The van der Waals surface area contributed by atoms with Gasteiger partial charge in [0.2, 0.25) is 5.12 Å². The minimum Gasteiger partial charge on any atom is -0.317 e. The van der Waals surface area contributed by atoms with E-state index in [2.05, 4.69) is 0 Å². The van der Waals surface area contributed by atoms with E-state index in [0.29, 0.717) is 12.3 Å². The minimum atomic E-state index is -0.271. The van der Waals surface area contributed by atoms with Gasteiger partial charge < -0.3 is 4.90 Å². The van der Waals surface area contributed by atoms with Crippen molar-refractivity contribution < 1.29 is 9.59 Å². The van der Waals surface area contributed by atoms with Gasteiger partial charge in [0, 0.05) is 12.3 Å². The first-order chi connectivity index (χ1) is 8.72. The zero-order chi connectivity index (χ0) is 13.0. The van der Waals surface area contributed by atoms with Gasteiger partial charge >= 0.3 is 0 Å². The van der Waals surface area contributed by atoms with Crippen molar-refractivity contribution in [3.05, 3.63) is 35.9 Å². The Morgan fingerprint density at radius 2 is 2.17 bits per heavy atom. The summed E-state index contributed by atoms with van der Waals surface area (Å²) in [5, 5.41) is 0.112. The molecule has 1 saturated heterocycles. The molecule has 2 rings (SSSR count). The molecule has 0 bridgehead atoms. The summed E-state index contributed by atoms with van der Waals surface area (Å²) in [7, 11) is 0. The molecule has 0 saturated carbocycles. The summed E-state index contributed by atoms with van der Waals surface area (Å²) in [6, 6.07) is 9.52. The van der Waals surface area contributed by atoms with Crippen LogP contribution in [0.5, 0.6) is 0 Å². The highest BCUT2D eigenvalue weighted by molar-refractivity contribution is 8.15. The molecule has 0 aromatic heterocycles. The molecule has 1 aliphatic heterocycles. The Balaban J connectivity index is 2.08. The predicted octanol–water partition coefficient (Wildman–Crippen LogP) is 3.00. The van der Waals surface area contributed by atoms with Gasteiger partial charge in [0.25, 0.3) is 5.24 Å². The van der Waals surface area contributed by atoms with Crippen molar-refractivity contribution in [3.63, 3.8) is 0 Å². The van der Waals surface area contributed by atoms with E-state index in [-0.39, 0.29) is 16.4 Å². The molecule has 1 fully saturated rings. The maximum atomic E-state index is 11.9. The molecule has 96 valence electrons. The smallest absolute Gasteiger partial charge is 0.282 e. The third kappa shape index (κ3) is 3.09. The average molecular weight is 281 g/mol. The molecule has 1 aromatic rings. The minimum absolute atomic E-state index is 0.00825. The summed E-state index contributed by atoms with van der Waals surface area (Å²) in [5.74, 6) is 1.34. The molecule has 1 heterocycles. The number of benzene rings is 1. The molecule has 0 N–H and O–H groups in total. The number of thioether (sulfide) groups is 2. The molecule has 0 unspecified atom stereocenters. The van der Waals surface area contributed by atoms with Crippen LogP contribution in [0.2, 0.25) is 0 Å². The van der Waals surface area contributed by atoms with Crippen molar-refractivity contribution in [2.45, 2.75) is 19.5 Å². The monoisotopic (exact) mass is 281 g/mol. The molecule has 0 spiro atoms. The average Bonchev–Trinajstić information content (AvgIpc) is 2.73. The van der Waals surface area contributed by atoms with Crippen molar-refractivity contribution >= 4 is 33.9 Å². The van der Waals surface area contributed by atoms with Gasteiger partial charge in [-0.05, 0) is 11.3 Å². The topological polar surface area (TPSA) is 37.4 Å². The second kappa shape index (κ2) is 6.29. The van der Waals surface area contributed by atoms with E-state index < -0.39 is 0 Å². The molecule has 18 heavy (non-hydrogen) atoms. The summed E-state index contributed by atoms with van der Waals surface area (Å²) >= 11 is 2.54. The molecular formula is C13H15NO2S2. The lowest BCUT2D eigenvalue weighted by Crippen LogP contribution is -2.37.